The summed E-state index contributed by atoms with van der Waals surface area (Å²) in [5.74, 6) is 0. The summed E-state index contributed by atoms with van der Waals surface area (Å²) in [6.07, 6.45) is 0. The molecule has 0 aliphatic carbocycles. The Kier molecular flexibility index (Phi) is 4.54. The summed E-state index contributed by atoms with van der Waals surface area (Å²) in [4.78, 5) is 0. The van der Waals surface area contributed by atoms with Crippen molar-refractivity contribution in [2.75, 3.05) is 6.54 Å². The second-order valence-electron chi connectivity index (χ2n) is 2.02. The van der Waals surface area contributed by atoms with E-state index < -0.39 is 0 Å². The van der Waals surface area contributed by atoms with Gasteiger partial charge in [-0.05, 0) is 19.1 Å². The molecular formula is C8H13NO. The fraction of sp³-hybridized carbons (Fsp3) is 0.250. The first kappa shape index (κ1) is 9.14. The van der Waals surface area contributed by atoms with Gasteiger partial charge in [0.25, 0.3) is 0 Å². The molecule has 0 radical (unpaired) electrons. The Bertz CT molecular complexity index is 162. The SMILES string of the molecule is CC[NH2+]c1ccccc1.[OH-]. The average molecular weight is 139 g/mol. The van der Waals surface area contributed by atoms with Crippen LogP contribution in [0.5, 0.6) is 0 Å². The molecule has 0 spiro atoms. The molecular weight excluding hydrogens is 126 g/mol. The van der Waals surface area contributed by atoms with E-state index in [0.717, 1.165) is 6.54 Å². The van der Waals surface area contributed by atoms with Crippen molar-refractivity contribution in [3.8, 4) is 0 Å². The molecule has 1 aromatic carbocycles. The topological polar surface area (TPSA) is 46.6 Å². The number of hydrogen-bond acceptors (Lipinski definition) is 1. The molecule has 0 fully saturated rings. The lowest BCUT2D eigenvalue weighted by Crippen LogP contribution is -2.77. The third kappa shape index (κ3) is 2.62. The standard InChI is InChI=1S/C8H11N.H2O/c1-2-9-8-6-4-3-5-7-8;/h3-7,9H,2H2,1H3;1H2. The monoisotopic (exact) mass is 139 g/mol. The van der Waals surface area contributed by atoms with Crippen molar-refractivity contribution >= 4 is 5.69 Å². The quantitative estimate of drug-likeness (QED) is 0.603. The van der Waals surface area contributed by atoms with Crippen molar-refractivity contribution < 1.29 is 10.8 Å². The fourth-order valence-corrected chi connectivity index (χ4v) is 0.825. The first-order valence-corrected chi connectivity index (χ1v) is 3.31. The van der Waals surface area contributed by atoms with Crippen LogP contribution in [0, 0.1) is 0 Å². The van der Waals surface area contributed by atoms with Gasteiger partial charge in [-0.1, -0.05) is 18.2 Å². The maximum absolute atomic E-state index is 2.21. The Balaban J connectivity index is 0.000000810. The van der Waals surface area contributed by atoms with Gasteiger partial charge in [0.05, 0.1) is 6.54 Å². The van der Waals surface area contributed by atoms with Crippen LogP contribution in [0.1, 0.15) is 6.92 Å². The predicted molar refractivity (Wildman–Crippen MR) is 40.5 cm³/mol. The van der Waals surface area contributed by atoms with Crippen LogP contribution in [0.2, 0.25) is 0 Å². The van der Waals surface area contributed by atoms with Crippen LogP contribution < -0.4 is 5.32 Å². The normalized spacial score (nSPS) is 8.50. The van der Waals surface area contributed by atoms with Gasteiger partial charge in [0.1, 0.15) is 5.69 Å². The molecule has 10 heavy (non-hydrogen) atoms. The van der Waals surface area contributed by atoms with E-state index in [1.54, 1.807) is 0 Å². The van der Waals surface area contributed by atoms with E-state index in [-0.39, 0.29) is 5.48 Å². The van der Waals surface area contributed by atoms with Gasteiger partial charge in [-0.3, -0.25) is 0 Å². The van der Waals surface area contributed by atoms with E-state index in [0.29, 0.717) is 0 Å². The lowest BCUT2D eigenvalue weighted by atomic mass is 10.3. The molecule has 0 aliphatic heterocycles. The third-order valence-electron chi connectivity index (χ3n) is 1.24. The molecule has 2 nitrogen and oxygen atoms in total. The lowest BCUT2D eigenvalue weighted by molar-refractivity contribution is -0.567. The second-order valence-corrected chi connectivity index (χ2v) is 2.02. The number of nitrogens with two attached hydrogens (primary N) is 1. The van der Waals surface area contributed by atoms with Crippen molar-refractivity contribution in [1.29, 1.82) is 0 Å². The van der Waals surface area contributed by atoms with Crippen molar-refractivity contribution in [2.45, 2.75) is 6.92 Å². The number of benzene rings is 1. The van der Waals surface area contributed by atoms with Crippen molar-refractivity contribution in [3.05, 3.63) is 30.3 Å². The zero-order valence-corrected chi connectivity index (χ0v) is 6.12. The molecule has 0 amide bonds. The highest BCUT2D eigenvalue weighted by molar-refractivity contribution is 5.26. The number of hydrogen-bond donors (Lipinski definition) is 1. The van der Waals surface area contributed by atoms with Crippen molar-refractivity contribution in [3.63, 3.8) is 0 Å². The van der Waals surface area contributed by atoms with Crippen LogP contribution in [0.4, 0.5) is 5.69 Å². The van der Waals surface area contributed by atoms with E-state index in [2.05, 4.69) is 36.5 Å². The van der Waals surface area contributed by atoms with Gasteiger partial charge in [-0.25, -0.2) is 0 Å². The predicted octanol–water partition coefficient (Wildman–Crippen LogP) is 0.725. The average Bonchev–Trinajstić information content (AvgIpc) is 1.91. The summed E-state index contributed by atoms with van der Waals surface area (Å²) in [5.41, 5.74) is 1.32. The van der Waals surface area contributed by atoms with Gasteiger partial charge in [0, 0.05) is 0 Å². The maximum Gasteiger partial charge on any atom is 0.129 e. The minimum Gasteiger partial charge on any atom is -0.870 e. The Hall–Kier alpha value is -0.860. The van der Waals surface area contributed by atoms with E-state index in [4.69, 9.17) is 0 Å². The summed E-state index contributed by atoms with van der Waals surface area (Å²) in [7, 11) is 0. The summed E-state index contributed by atoms with van der Waals surface area (Å²) in [5, 5.41) is 2.21. The molecule has 0 atom stereocenters. The van der Waals surface area contributed by atoms with E-state index >= 15 is 0 Å². The molecule has 0 unspecified atom stereocenters. The molecule has 0 saturated carbocycles. The Morgan fingerprint density at radius 3 is 2.30 bits per heavy atom. The summed E-state index contributed by atoms with van der Waals surface area (Å²) >= 11 is 0. The maximum atomic E-state index is 2.21. The van der Waals surface area contributed by atoms with Crippen LogP contribution in [-0.2, 0) is 0 Å². The highest BCUT2D eigenvalue weighted by atomic mass is 16.0. The number of para-hydroxylation sites is 1. The second kappa shape index (κ2) is 4.97. The van der Waals surface area contributed by atoms with Crippen LogP contribution in [0.3, 0.4) is 0 Å². The van der Waals surface area contributed by atoms with E-state index in [9.17, 15) is 0 Å². The first-order chi connectivity index (χ1) is 4.43. The Morgan fingerprint density at radius 2 is 1.80 bits per heavy atom. The van der Waals surface area contributed by atoms with Gasteiger partial charge in [0.2, 0.25) is 0 Å². The molecule has 3 N–H and O–H groups in total. The fourth-order valence-electron chi connectivity index (χ4n) is 0.825. The van der Waals surface area contributed by atoms with E-state index in [1.807, 2.05) is 6.07 Å². The van der Waals surface area contributed by atoms with Crippen molar-refractivity contribution in [2.24, 2.45) is 0 Å². The smallest absolute Gasteiger partial charge is 0.129 e. The third-order valence-corrected chi connectivity index (χ3v) is 1.24. The molecule has 0 bridgehead atoms. The molecule has 2 heteroatoms. The van der Waals surface area contributed by atoms with Gasteiger partial charge in [-0.15, -0.1) is 0 Å². The van der Waals surface area contributed by atoms with Gasteiger partial charge in [0.15, 0.2) is 0 Å². The largest absolute Gasteiger partial charge is 0.870 e. The number of rotatable bonds is 2. The molecule has 1 aromatic rings. The Morgan fingerprint density at radius 1 is 1.20 bits per heavy atom. The zero-order chi connectivity index (χ0) is 6.53. The molecule has 0 heterocycles. The minimum absolute atomic E-state index is 0. The molecule has 56 valence electrons. The van der Waals surface area contributed by atoms with Crippen LogP contribution >= 0.6 is 0 Å². The Labute approximate surface area is 61.2 Å². The summed E-state index contributed by atoms with van der Waals surface area (Å²) in [6.45, 7) is 3.26. The lowest BCUT2D eigenvalue weighted by Gasteiger charge is -1.93. The molecule has 0 saturated heterocycles. The van der Waals surface area contributed by atoms with Gasteiger partial charge < -0.3 is 10.8 Å². The molecule has 0 aromatic heterocycles. The molecule has 0 aliphatic rings. The summed E-state index contributed by atoms with van der Waals surface area (Å²) in [6, 6.07) is 10.4. The summed E-state index contributed by atoms with van der Waals surface area (Å²) < 4.78 is 0. The van der Waals surface area contributed by atoms with Gasteiger partial charge in [-0.2, -0.15) is 0 Å². The first-order valence-electron chi connectivity index (χ1n) is 3.31. The number of quaternary nitrogens is 1. The highest BCUT2D eigenvalue weighted by Crippen LogP contribution is 1.94. The molecule has 1 rings (SSSR count). The minimum atomic E-state index is 0. The van der Waals surface area contributed by atoms with Gasteiger partial charge >= 0.3 is 0 Å². The van der Waals surface area contributed by atoms with Crippen LogP contribution in [-0.4, -0.2) is 12.0 Å². The highest BCUT2D eigenvalue weighted by Gasteiger charge is 1.87. The van der Waals surface area contributed by atoms with Crippen molar-refractivity contribution in [1.82, 2.24) is 0 Å². The zero-order valence-electron chi connectivity index (χ0n) is 6.12. The van der Waals surface area contributed by atoms with Crippen LogP contribution in [0.15, 0.2) is 30.3 Å². The van der Waals surface area contributed by atoms with Crippen LogP contribution in [0.25, 0.3) is 0 Å². The van der Waals surface area contributed by atoms with E-state index in [1.165, 1.54) is 5.69 Å².